The topological polar surface area (TPSA) is 30.3 Å². The van der Waals surface area contributed by atoms with E-state index in [0.29, 0.717) is 5.88 Å². The minimum absolute atomic E-state index is 0.0883. The van der Waals surface area contributed by atoms with E-state index in [2.05, 4.69) is 48.1 Å². The Kier molecular flexibility index (Phi) is 3.95. The average Bonchev–Trinajstić information content (AvgIpc) is 2.74. The quantitative estimate of drug-likeness (QED) is 0.817. The van der Waals surface area contributed by atoms with Gasteiger partial charge in [0, 0.05) is 37.9 Å². The minimum Gasteiger partial charge on any atom is -0.368 e. The highest BCUT2D eigenvalue weighted by Gasteiger charge is 2.33. The molecule has 0 bridgehead atoms. The molecule has 0 amide bonds. The van der Waals surface area contributed by atoms with Crippen molar-refractivity contribution in [1.82, 2.24) is 14.7 Å². The predicted octanol–water partition coefficient (Wildman–Crippen LogP) is 2.79. The van der Waals surface area contributed by atoms with E-state index < -0.39 is 0 Å². The molecule has 1 aliphatic heterocycles. The number of fused-ring (bicyclic) bond motifs is 1. The van der Waals surface area contributed by atoms with Gasteiger partial charge in [-0.15, -0.1) is 11.6 Å². The van der Waals surface area contributed by atoms with Crippen LogP contribution in [0.4, 0.5) is 0 Å². The van der Waals surface area contributed by atoms with E-state index in [1.165, 1.54) is 10.9 Å². The van der Waals surface area contributed by atoms with Crippen molar-refractivity contribution in [3.8, 4) is 0 Å². The first-order valence-corrected chi connectivity index (χ1v) is 7.89. The lowest BCUT2D eigenvalue weighted by Gasteiger charge is -2.42. The summed E-state index contributed by atoms with van der Waals surface area (Å²) < 4.78 is 7.94. The first kappa shape index (κ1) is 14.8. The normalized spacial score (nSPS) is 22.8. The maximum absolute atomic E-state index is 6.00. The largest absolute Gasteiger partial charge is 0.368 e. The van der Waals surface area contributed by atoms with Crippen LogP contribution >= 0.6 is 11.6 Å². The summed E-state index contributed by atoms with van der Waals surface area (Å²) in [5, 5.41) is 5.91. The number of aryl methyl sites for hydroxylation is 1. The third-order valence-corrected chi connectivity index (χ3v) is 4.28. The lowest BCUT2D eigenvalue weighted by atomic mass is 10.0. The second-order valence-corrected chi connectivity index (χ2v) is 6.72. The molecule has 5 heteroatoms. The molecule has 0 radical (unpaired) electrons. The van der Waals surface area contributed by atoms with Gasteiger partial charge in [-0.25, -0.2) is 0 Å². The number of hydrogen-bond acceptors (Lipinski definition) is 3. The third-order valence-electron chi connectivity index (χ3n) is 3.93. The summed E-state index contributed by atoms with van der Waals surface area (Å²) in [7, 11) is 2.00. The Hall–Kier alpha value is -1.10. The van der Waals surface area contributed by atoms with Crippen molar-refractivity contribution in [2.75, 3.05) is 19.0 Å². The number of benzene rings is 1. The lowest BCUT2D eigenvalue weighted by Crippen LogP contribution is -2.52. The zero-order chi connectivity index (χ0) is 15.0. The molecule has 1 aromatic carbocycles. The highest BCUT2D eigenvalue weighted by molar-refractivity contribution is 6.18. The Labute approximate surface area is 130 Å². The molecule has 2 aromatic rings. The summed E-state index contributed by atoms with van der Waals surface area (Å²) in [6.07, 6.45) is 0.0883. The summed E-state index contributed by atoms with van der Waals surface area (Å²) in [5.41, 5.74) is 2.13. The van der Waals surface area contributed by atoms with Gasteiger partial charge in [0.05, 0.1) is 22.9 Å². The predicted molar refractivity (Wildman–Crippen MR) is 85.7 cm³/mol. The van der Waals surface area contributed by atoms with Gasteiger partial charge in [-0.1, -0.05) is 18.2 Å². The molecule has 1 aromatic heterocycles. The van der Waals surface area contributed by atoms with Crippen LogP contribution in [0.5, 0.6) is 0 Å². The summed E-state index contributed by atoms with van der Waals surface area (Å²) >= 11 is 6.00. The fourth-order valence-electron chi connectivity index (χ4n) is 3.23. The molecule has 1 atom stereocenters. The number of rotatable bonds is 3. The van der Waals surface area contributed by atoms with Crippen molar-refractivity contribution in [2.24, 2.45) is 7.05 Å². The Morgan fingerprint density at radius 2 is 2.14 bits per heavy atom. The van der Waals surface area contributed by atoms with Gasteiger partial charge in [0.25, 0.3) is 0 Å². The number of para-hydroxylation sites is 1. The molecule has 21 heavy (non-hydrogen) atoms. The van der Waals surface area contributed by atoms with Gasteiger partial charge in [0.2, 0.25) is 0 Å². The van der Waals surface area contributed by atoms with Crippen LogP contribution in [-0.2, 0) is 18.3 Å². The number of ether oxygens (including phenoxy) is 1. The molecular formula is C16H22ClN3O. The first-order chi connectivity index (χ1) is 9.98. The van der Waals surface area contributed by atoms with Crippen molar-refractivity contribution in [3.63, 3.8) is 0 Å². The van der Waals surface area contributed by atoms with E-state index in [9.17, 15) is 0 Å². The summed E-state index contributed by atoms with van der Waals surface area (Å²) in [4.78, 5) is 2.39. The second kappa shape index (κ2) is 5.59. The van der Waals surface area contributed by atoms with Gasteiger partial charge >= 0.3 is 0 Å². The summed E-state index contributed by atoms with van der Waals surface area (Å²) in [5.74, 6) is 0.531. The molecule has 1 saturated heterocycles. The fourth-order valence-corrected chi connectivity index (χ4v) is 3.40. The number of hydrogen-bond donors (Lipinski definition) is 0. The smallest absolute Gasteiger partial charge is 0.0845 e. The van der Waals surface area contributed by atoms with E-state index >= 15 is 0 Å². The van der Waals surface area contributed by atoms with E-state index in [-0.39, 0.29) is 11.7 Å². The van der Waals surface area contributed by atoms with E-state index in [4.69, 9.17) is 16.3 Å². The van der Waals surface area contributed by atoms with Crippen LogP contribution in [0.2, 0.25) is 0 Å². The van der Waals surface area contributed by atoms with Crippen LogP contribution in [-0.4, -0.2) is 45.4 Å². The molecule has 4 nitrogen and oxygen atoms in total. The standard InChI is InChI=1S/C16H22ClN3O/c1-16(2)11-20(9-12(8-17)21-16)10-14-13-6-4-5-7-15(13)19(3)18-14/h4-7,12H,8-11H2,1-3H3. The molecule has 0 spiro atoms. The maximum atomic E-state index is 6.00. The zero-order valence-electron chi connectivity index (χ0n) is 12.8. The third kappa shape index (κ3) is 3.07. The van der Waals surface area contributed by atoms with Crippen LogP contribution in [0, 0.1) is 0 Å². The van der Waals surface area contributed by atoms with Crippen molar-refractivity contribution in [2.45, 2.75) is 32.1 Å². The van der Waals surface area contributed by atoms with Crippen molar-refractivity contribution < 1.29 is 4.74 Å². The zero-order valence-corrected chi connectivity index (χ0v) is 13.6. The van der Waals surface area contributed by atoms with Crippen molar-refractivity contribution in [3.05, 3.63) is 30.0 Å². The van der Waals surface area contributed by atoms with Gasteiger partial charge in [0.15, 0.2) is 0 Å². The molecule has 114 valence electrons. The Bertz CT molecular complexity index is 637. The molecular weight excluding hydrogens is 286 g/mol. The van der Waals surface area contributed by atoms with Crippen LogP contribution in [0.25, 0.3) is 10.9 Å². The van der Waals surface area contributed by atoms with Gasteiger partial charge in [-0.3, -0.25) is 9.58 Å². The van der Waals surface area contributed by atoms with E-state index in [1.807, 2.05) is 11.7 Å². The van der Waals surface area contributed by atoms with Crippen LogP contribution in [0.3, 0.4) is 0 Å². The number of alkyl halides is 1. The Morgan fingerprint density at radius 1 is 1.38 bits per heavy atom. The number of morpholine rings is 1. The number of aromatic nitrogens is 2. The Balaban J connectivity index is 1.84. The highest BCUT2D eigenvalue weighted by Crippen LogP contribution is 2.25. The first-order valence-electron chi connectivity index (χ1n) is 7.35. The summed E-state index contributed by atoms with van der Waals surface area (Å²) in [6.45, 7) is 6.83. The molecule has 1 aliphatic rings. The van der Waals surface area contributed by atoms with E-state index in [1.54, 1.807) is 0 Å². The van der Waals surface area contributed by atoms with Gasteiger partial charge in [-0.2, -0.15) is 5.10 Å². The van der Waals surface area contributed by atoms with Crippen LogP contribution in [0.1, 0.15) is 19.5 Å². The van der Waals surface area contributed by atoms with Crippen molar-refractivity contribution in [1.29, 1.82) is 0 Å². The molecule has 0 N–H and O–H groups in total. The van der Waals surface area contributed by atoms with E-state index in [0.717, 1.165) is 25.3 Å². The maximum Gasteiger partial charge on any atom is 0.0845 e. The molecule has 1 unspecified atom stereocenters. The molecule has 1 fully saturated rings. The fraction of sp³-hybridized carbons (Fsp3) is 0.562. The minimum atomic E-state index is -0.164. The number of nitrogens with zero attached hydrogens (tertiary/aromatic N) is 3. The molecule has 2 heterocycles. The summed E-state index contributed by atoms with van der Waals surface area (Å²) in [6, 6.07) is 8.37. The second-order valence-electron chi connectivity index (χ2n) is 6.41. The molecule has 0 aliphatic carbocycles. The highest BCUT2D eigenvalue weighted by atomic mass is 35.5. The Morgan fingerprint density at radius 3 is 2.90 bits per heavy atom. The molecule has 3 rings (SSSR count). The van der Waals surface area contributed by atoms with Crippen LogP contribution < -0.4 is 0 Å². The van der Waals surface area contributed by atoms with Gasteiger partial charge in [0.1, 0.15) is 0 Å². The monoisotopic (exact) mass is 307 g/mol. The SMILES string of the molecule is Cn1nc(CN2CC(CCl)OC(C)(C)C2)c2ccccc21. The average molecular weight is 308 g/mol. The molecule has 0 saturated carbocycles. The van der Waals surface area contributed by atoms with Crippen LogP contribution in [0.15, 0.2) is 24.3 Å². The number of halogens is 1. The van der Waals surface area contributed by atoms with Gasteiger partial charge in [-0.05, 0) is 19.9 Å². The lowest BCUT2D eigenvalue weighted by molar-refractivity contribution is -0.129. The van der Waals surface area contributed by atoms with Gasteiger partial charge < -0.3 is 4.74 Å². The van der Waals surface area contributed by atoms with Crippen molar-refractivity contribution >= 4 is 22.5 Å².